The van der Waals surface area contributed by atoms with Gasteiger partial charge in [0.15, 0.2) is 5.65 Å². The smallest absolute Gasteiger partial charge is 0.226 e. The van der Waals surface area contributed by atoms with Gasteiger partial charge in [0.25, 0.3) is 0 Å². The number of benzene rings is 1. The van der Waals surface area contributed by atoms with E-state index in [1.165, 1.54) is 11.8 Å². The van der Waals surface area contributed by atoms with Crippen molar-refractivity contribution in [3.05, 3.63) is 36.0 Å². The van der Waals surface area contributed by atoms with Crippen LogP contribution in [0.3, 0.4) is 0 Å². The van der Waals surface area contributed by atoms with Crippen LogP contribution in [-0.2, 0) is 12.3 Å². The molecule has 1 aromatic carbocycles. The second kappa shape index (κ2) is 6.35. The minimum Gasteiger partial charge on any atom is -0.424 e. The van der Waals surface area contributed by atoms with Gasteiger partial charge in [0.2, 0.25) is 16.9 Å². The van der Waals surface area contributed by atoms with Crippen LogP contribution in [0.2, 0.25) is 0 Å². The lowest BCUT2D eigenvalue weighted by molar-refractivity contribution is 0.466. The summed E-state index contributed by atoms with van der Waals surface area (Å²) in [7, 11) is 0. The van der Waals surface area contributed by atoms with E-state index in [0.717, 1.165) is 53.8 Å². The van der Waals surface area contributed by atoms with Crippen LogP contribution in [0, 0.1) is 0 Å². The zero-order chi connectivity index (χ0) is 17.5. The van der Waals surface area contributed by atoms with Crippen LogP contribution in [0.25, 0.3) is 22.1 Å². The largest absolute Gasteiger partial charge is 0.424 e. The Kier molecular flexibility index (Phi) is 3.85. The van der Waals surface area contributed by atoms with Crippen molar-refractivity contribution in [1.29, 1.82) is 0 Å². The fourth-order valence-electron chi connectivity index (χ4n) is 3.15. The first-order chi connectivity index (χ1) is 12.8. The number of hydrogen-bond donors (Lipinski definition) is 0. The predicted octanol–water partition coefficient (Wildman–Crippen LogP) is 3.94. The first kappa shape index (κ1) is 15.7. The van der Waals surface area contributed by atoms with Crippen LogP contribution in [0.5, 0.6) is 0 Å². The maximum absolute atomic E-state index is 5.70. The fourth-order valence-corrected chi connectivity index (χ4v) is 3.77. The predicted molar refractivity (Wildman–Crippen MR) is 99.0 cm³/mol. The molecular weight excluding hydrogens is 348 g/mol. The van der Waals surface area contributed by atoms with Gasteiger partial charge in [-0.3, -0.25) is 0 Å². The lowest BCUT2D eigenvalue weighted by Crippen LogP contribution is -2.00. The molecule has 8 heteroatoms. The molecule has 0 unspecified atom stereocenters. The van der Waals surface area contributed by atoms with E-state index in [1.54, 1.807) is 0 Å². The molecule has 3 heterocycles. The van der Waals surface area contributed by atoms with E-state index in [1.807, 2.05) is 12.1 Å². The van der Waals surface area contributed by atoms with E-state index in [4.69, 9.17) is 9.40 Å². The molecular formula is C18H18N6OS. The number of aryl methyl sites for hydroxylation is 1. The molecule has 3 aromatic heterocycles. The maximum Gasteiger partial charge on any atom is 0.226 e. The van der Waals surface area contributed by atoms with Gasteiger partial charge in [0.1, 0.15) is 5.52 Å². The number of hydrogen-bond acceptors (Lipinski definition) is 7. The number of nitrogens with zero attached hydrogens (tertiary/aromatic N) is 6. The highest BCUT2D eigenvalue weighted by atomic mass is 32.2. The van der Waals surface area contributed by atoms with Gasteiger partial charge < -0.3 is 8.98 Å². The molecule has 1 fully saturated rings. The molecule has 26 heavy (non-hydrogen) atoms. The minimum absolute atomic E-state index is 0.472. The molecule has 7 nitrogen and oxygen atoms in total. The van der Waals surface area contributed by atoms with Crippen molar-refractivity contribution in [3.63, 3.8) is 0 Å². The number of fused-ring (bicyclic) bond motifs is 3. The molecule has 4 aromatic rings. The molecule has 5 rings (SSSR count). The lowest BCUT2D eigenvalue weighted by Gasteiger charge is -2.04. The van der Waals surface area contributed by atoms with Crippen LogP contribution in [0.1, 0.15) is 43.9 Å². The first-order valence-electron chi connectivity index (χ1n) is 8.90. The Morgan fingerprint density at radius 3 is 2.88 bits per heavy atom. The summed E-state index contributed by atoms with van der Waals surface area (Å²) < 4.78 is 7.93. The molecule has 0 spiro atoms. The molecule has 0 atom stereocenters. The van der Waals surface area contributed by atoms with Crippen molar-refractivity contribution in [1.82, 2.24) is 29.9 Å². The third-order valence-electron chi connectivity index (χ3n) is 4.54. The molecule has 1 saturated carbocycles. The van der Waals surface area contributed by atoms with E-state index in [9.17, 15) is 0 Å². The second-order valence-corrected chi connectivity index (χ2v) is 7.47. The summed E-state index contributed by atoms with van der Waals surface area (Å²) in [6.07, 6.45) is 3.34. The van der Waals surface area contributed by atoms with Gasteiger partial charge in [-0.15, -0.1) is 20.4 Å². The molecule has 0 N–H and O–H groups in total. The van der Waals surface area contributed by atoms with Gasteiger partial charge in [0, 0.05) is 17.8 Å². The zero-order valence-corrected chi connectivity index (χ0v) is 15.2. The van der Waals surface area contributed by atoms with Gasteiger partial charge in [-0.05, 0) is 25.3 Å². The summed E-state index contributed by atoms with van der Waals surface area (Å²) in [5.41, 5.74) is 2.89. The molecule has 1 aliphatic rings. The summed E-state index contributed by atoms with van der Waals surface area (Å²) >= 11 is 1.48. The van der Waals surface area contributed by atoms with Crippen LogP contribution in [0.15, 0.2) is 33.8 Å². The normalized spacial score (nSPS) is 14.5. The van der Waals surface area contributed by atoms with Crippen LogP contribution < -0.4 is 0 Å². The average molecular weight is 366 g/mol. The Bertz CT molecular complexity index is 1080. The third-order valence-corrected chi connectivity index (χ3v) is 5.36. The van der Waals surface area contributed by atoms with E-state index in [0.29, 0.717) is 22.7 Å². The summed E-state index contributed by atoms with van der Waals surface area (Å²) in [4.78, 5) is 4.76. The second-order valence-electron chi connectivity index (χ2n) is 6.53. The van der Waals surface area contributed by atoms with E-state index in [-0.39, 0.29) is 0 Å². The average Bonchev–Trinajstić information content (AvgIpc) is 3.34. The third kappa shape index (κ3) is 2.74. The SMILES string of the molecule is CCCn1c2ccccc2c2nnc(SCc3nnc(C4CC4)o3)nc21. The van der Waals surface area contributed by atoms with Gasteiger partial charge in [-0.25, -0.2) is 4.98 Å². The van der Waals surface area contributed by atoms with Gasteiger partial charge in [0.05, 0.1) is 11.3 Å². The molecule has 0 aliphatic heterocycles. The Morgan fingerprint density at radius 1 is 1.15 bits per heavy atom. The first-order valence-corrected chi connectivity index (χ1v) is 9.88. The lowest BCUT2D eigenvalue weighted by atomic mass is 10.2. The molecule has 0 radical (unpaired) electrons. The number of para-hydroxylation sites is 1. The molecule has 0 bridgehead atoms. The van der Waals surface area contributed by atoms with Crippen molar-refractivity contribution in [2.24, 2.45) is 0 Å². The van der Waals surface area contributed by atoms with Crippen LogP contribution >= 0.6 is 11.8 Å². The Balaban J connectivity index is 1.46. The topological polar surface area (TPSA) is 82.5 Å². The monoisotopic (exact) mass is 366 g/mol. The van der Waals surface area contributed by atoms with E-state index >= 15 is 0 Å². The Hall–Kier alpha value is -2.48. The van der Waals surface area contributed by atoms with Crippen molar-refractivity contribution in [3.8, 4) is 0 Å². The Morgan fingerprint density at radius 2 is 2.04 bits per heavy atom. The maximum atomic E-state index is 5.70. The number of rotatable bonds is 6. The standard InChI is InChI=1S/C18H18N6OS/c1-2-9-24-13-6-4-3-5-12(13)15-16(24)19-18(23-21-15)26-10-14-20-22-17(25-14)11-7-8-11/h3-6,11H,2,7-10H2,1H3. The van der Waals surface area contributed by atoms with Gasteiger partial charge >= 0.3 is 0 Å². The summed E-state index contributed by atoms with van der Waals surface area (Å²) in [5.74, 6) is 2.41. The number of aromatic nitrogens is 6. The highest BCUT2D eigenvalue weighted by molar-refractivity contribution is 7.98. The van der Waals surface area contributed by atoms with Crippen LogP contribution in [0.4, 0.5) is 0 Å². The van der Waals surface area contributed by atoms with Crippen molar-refractivity contribution >= 4 is 33.8 Å². The highest BCUT2D eigenvalue weighted by Crippen LogP contribution is 2.39. The van der Waals surface area contributed by atoms with Gasteiger partial charge in [-0.1, -0.05) is 36.9 Å². The molecule has 0 saturated heterocycles. The quantitative estimate of drug-likeness (QED) is 0.478. The number of thioether (sulfide) groups is 1. The van der Waals surface area contributed by atoms with E-state index < -0.39 is 0 Å². The molecule has 0 amide bonds. The highest BCUT2D eigenvalue weighted by Gasteiger charge is 2.29. The van der Waals surface area contributed by atoms with Crippen molar-refractivity contribution < 1.29 is 4.42 Å². The van der Waals surface area contributed by atoms with Crippen molar-refractivity contribution in [2.75, 3.05) is 0 Å². The Labute approximate surface area is 154 Å². The summed E-state index contributed by atoms with van der Waals surface area (Å²) in [6.45, 7) is 3.07. The molecule has 132 valence electrons. The van der Waals surface area contributed by atoms with Crippen molar-refractivity contribution in [2.45, 2.75) is 49.6 Å². The summed E-state index contributed by atoms with van der Waals surface area (Å²) in [6, 6.07) is 8.25. The van der Waals surface area contributed by atoms with Crippen LogP contribution in [-0.4, -0.2) is 29.9 Å². The zero-order valence-electron chi connectivity index (χ0n) is 14.4. The minimum atomic E-state index is 0.472. The fraction of sp³-hybridized carbons (Fsp3) is 0.389. The van der Waals surface area contributed by atoms with E-state index in [2.05, 4.69) is 44.0 Å². The molecule has 1 aliphatic carbocycles. The van der Waals surface area contributed by atoms with Gasteiger partial charge in [-0.2, -0.15) is 0 Å². The summed E-state index contributed by atoms with van der Waals surface area (Å²) in [5, 5.41) is 18.7.